The van der Waals surface area contributed by atoms with Crippen LogP contribution in [0.25, 0.3) is 5.70 Å². The van der Waals surface area contributed by atoms with Gasteiger partial charge < -0.3 is 11.1 Å². The fraction of sp³-hybridized carbons (Fsp3) is 0. The third kappa shape index (κ3) is 2.19. The van der Waals surface area contributed by atoms with Gasteiger partial charge in [0.2, 0.25) is 0 Å². The second kappa shape index (κ2) is 4.19. The van der Waals surface area contributed by atoms with Gasteiger partial charge in [-0.15, -0.1) is 11.3 Å². The number of hydrogen-bond donors (Lipinski definition) is 2. The molecule has 0 amide bonds. The lowest BCUT2D eigenvalue weighted by atomic mass is 10.2. The molecule has 0 unspecified atom stereocenters. The summed E-state index contributed by atoms with van der Waals surface area (Å²) in [4.78, 5) is 1.12. The Hall–Kier alpha value is -1.74. The first-order chi connectivity index (χ1) is 7.27. The number of anilines is 2. The molecule has 76 valence electrons. The van der Waals surface area contributed by atoms with Gasteiger partial charge in [0.05, 0.1) is 11.4 Å². The first-order valence-electron chi connectivity index (χ1n) is 4.61. The molecule has 0 fully saturated rings. The van der Waals surface area contributed by atoms with Crippen LogP contribution in [-0.2, 0) is 0 Å². The number of nitrogens with one attached hydrogen (secondary N) is 1. The third-order valence-electron chi connectivity index (χ3n) is 2.06. The fourth-order valence-corrected chi connectivity index (χ4v) is 1.94. The molecule has 2 aromatic rings. The minimum absolute atomic E-state index is 0.732. The van der Waals surface area contributed by atoms with Crippen LogP contribution in [0.15, 0.2) is 48.4 Å². The van der Waals surface area contributed by atoms with Crippen molar-refractivity contribution in [2.24, 2.45) is 0 Å². The summed E-state index contributed by atoms with van der Waals surface area (Å²) in [7, 11) is 0. The van der Waals surface area contributed by atoms with E-state index in [4.69, 9.17) is 5.73 Å². The van der Waals surface area contributed by atoms with Gasteiger partial charge in [-0.3, -0.25) is 0 Å². The van der Waals surface area contributed by atoms with Gasteiger partial charge in [0.15, 0.2) is 0 Å². The van der Waals surface area contributed by atoms with Gasteiger partial charge in [0.25, 0.3) is 0 Å². The molecule has 1 aromatic heterocycles. The molecule has 3 N–H and O–H groups in total. The van der Waals surface area contributed by atoms with E-state index < -0.39 is 0 Å². The molecule has 0 spiro atoms. The molecule has 15 heavy (non-hydrogen) atoms. The van der Waals surface area contributed by atoms with Crippen molar-refractivity contribution in [2.45, 2.75) is 0 Å². The molecule has 2 nitrogen and oxygen atoms in total. The molecule has 0 atom stereocenters. The Bertz CT molecular complexity index is 460. The zero-order valence-corrected chi connectivity index (χ0v) is 9.05. The summed E-state index contributed by atoms with van der Waals surface area (Å²) in [6.07, 6.45) is 0. The van der Waals surface area contributed by atoms with Crippen molar-refractivity contribution in [3.63, 3.8) is 0 Å². The summed E-state index contributed by atoms with van der Waals surface area (Å²) < 4.78 is 0. The number of thiophene rings is 1. The Balaban J connectivity index is 2.17. The van der Waals surface area contributed by atoms with Gasteiger partial charge >= 0.3 is 0 Å². The van der Waals surface area contributed by atoms with Gasteiger partial charge in [-0.1, -0.05) is 24.8 Å². The molecule has 0 aliphatic rings. The molecule has 0 saturated carbocycles. The van der Waals surface area contributed by atoms with Crippen LogP contribution in [-0.4, -0.2) is 0 Å². The molecule has 0 bridgehead atoms. The van der Waals surface area contributed by atoms with Crippen molar-refractivity contribution < 1.29 is 0 Å². The van der Waals surface area contributed by atoms with Gasteiger partial charge in [-0.05, 0) is 23.6 Å². The van der Waals surface area contributed by atoms with Crippen LogP contribution in [0.4, 0.5) is 11.4 Å². The molecule has 1 aromatic carbocycles. The predicted molar refractivity (Wildman–Crippen MR) is 67.8 cm³/mol. The van der Waals surface area contributed by atoms with Gasteiger partial charge in [0, 0.05) is 10.6 Å². The summed E-state index contributed by atoms with van der Waals surface area (Å²) in [5.74, 6) is 0. The maximum absolute atomic E-state index is 5.82. The predicted octanol–water partition coefficient (Wildman–Crippen LogP) is 3.41. The maximum atomic E-state index is 5.82. The van der Waals surface area contributed by atoms with Gasteiger partial charge in [-0.25, -0.2) is 0 Å². The fourth-order valence-electron chi connectivity index (χ4n) is 1.29. The number of benzene rings is 1. The van der Waals surface area contributed by atoms with Gasteiger partial charge in [0.1, 0.15) is 0 Å². The topological polar surface area (TPSA) is 38.0 Å². The van der Waals surface area contributed by atoms with E-state index in [1.165, 1.54) is 0 Å². The van der Waals surface area contributed by atoms with Crippen LogP contribution in [0.2, 0.25) is 0 Å². The monoisotopic (exact) mass is 216 g/mol. The molecule has 0 aliphatic carbocycles. The summed E-state index contributed by atoms with van der Waals surface area (Å²) in [6, 6.07) is 11.7. The highest BCUT2D eigenvalue weighted by molar-refractivity contribution is 7.11. The van der Waals surface area contributed by atoms with Crippen LogP contribution in [0.1, 0.15) is 4.88 Å². The van der Waals surface area contributed by atoms with E-state index in [1.807, 2.05) is 41.8 Å². The smallest absolute Gasteiger partial charge is 0.0618 e. The van der Waals surface area contributed by atoms with E-state index in [0.29, 0.717) is 0 Å². The van der Waals surface area contributed by atoms with E-state index in [-0.39, 0.29) is 0 Å². The second-order valence-corrected chi connectivity index (χ2v) is 4.12. The first kappa shape index (κ1) is 9.80. The maximum Gasteiger partial charge on any atom is 0.0618 e. The number of nitrogen functional groups attached to an aromatic ring is 1. The number of nitrogens with two attached hydrogens (primary N) is 1. The number of para-hydroxylation sites is 2. The van der Waals surface area contributed by atoms with Crippen molar-refractivity contribution in [3.05, 3.63) is 53.2 Å². The van der Waals surface area contributed by atoms with E-state index in [2.05, 4.69) is 11.9 Å². The second-order valence-electron chi connectivity index (χ2n) is 3.17. The Morgan fingerprint density at radius 2 is 2.00 bits per heavy atom. The lowest BCUT2D eigenvalue weighted by molar-refractivity contribution is 1.59. The molecule has 2 rings (SSSR count). The standard InChI is InChI=1S/C12H12N2S/c1-9(12-7-4-8-15-12)14-11-6-3-2-5-10(11)13/h2-8,14H,1,13H2. The first-order valence-corrected chi connectivity index (χ1v) is 5.49. The Morgan fingerprint density at radius 1 is 1.20 bits per heavy atom. The highest BCUT2D eigenvalue weighted by Crippen LogP contribution is 2.24. The van der Waals surface area contributed by atoms with E-state index in [9.17, 15) is 0 Å². The SMILES string of the molecule is C=C(Nc1ccccc1N)c1cccs1. The van der Waals surface area contributed by atoms with Crippen molar-refractivity contribution in [3.8, 4) is 0 Å². The summed E-state index contributed by atoms with van der Waals surface area (Å²) in [6.45, 7) is 3.98. The lowest BCUT2D eigenvalue weighted by Crippen LogP contribution is -1.99. The van der Waals surface area contributed by atoms with Crippen molar-refractivity contribution >= 4 is 28.4 Å². The average Bonchev–Trinajstić information content (AvgIpc) is 2.74. The molecule has 3 heteroatoms. The van der Waals surface area contributed by atoms with Crippen LogP contribution in [0, 0.1) is 0 Å². The molecular weight excluding hydrogens is 204 g/mol. The Kier molecular flexibility index (Phi) is 2.74. The molecule has 0 aliphatic heterocycles. The van der Waals surface area contributed by atoms with E-state index in [1.54, 1.807) is 11.3 Å². The largest absolute Gasteiger partial charge is 0.397 e. The quantitative estimate of drug-likeness (QED) is 0.771. The average molecular weight is 216 g/mol. The third-order valence-corrected chi connectivity index (χ3v) is 2.99. The number of rotatable bonds is 3. The minimum Gasteiger partial charge on any atom is -0.397 e. The Morgan fingerprint density at radius 3 is 2.67 bits per heavy atom. The summed E-state index contributed by atoms with van der Waals surface area (Å²) in [5, 5.41) is 5.23. The van der Waals surface area contributed by atoms with Crippen molar-refractivity contribution in [1.82, 2.24) is 0 Å². The van der Waals surface area contributed by atoms with Crippen LogP contribution < -0.4 is 11.1 Å². The highest BCUT2D eigenvalue weighted by Gasteiger charge is 2.02. The highest BCUT2D eigenvalue weighted by atomic mass is 32.1. The van der Waals surface area contributed by atoms with E-state index >= 15 is 0 Å². The van der Waals surface area contributed by atoms with Crippen molar-refractivity contribution in [1.29, 1.82) is 0 Å². The van der Waals surface area contributed by atoms with Crippen LogP contribution >= 0.6 is 11.3 Å². The van der Waals surface area contributed by atoms with E-state index in [0.717, 1.165) is 21.9 Å². The molecule has 0 radical (unpaired) electrons. The zero-order chi connectivity index (χ0) is 10.7. The zero-order valence-electron chi connectivity index (χ0n) is 8.23. The summed E-state index contributed by atoms with van der Waals surface area (Å²) in [5.41, 5.74) is 8.33. The number of hydrogen-bond acceptors (Lipinski definition) is 3. The Labute approximate surface area is 93.1 Å². The van der Waals surface area contributed by atoms with Gasteiger partial charge in [-0.2, -0.15) is 0 Å². The molecule has 0 saturated heterocycles. The summed E-state index contributed by atoms with van der Waals surface area (Å²) >= 11 is 1.65. The normalized spacial score (nSPS) is 9.87. The van der Waals surface area contributed by atoms with Crippen molar-refractivity contribution in [2.75, 3.05) is 11.1 Å². The minimum atomic E-state index is 0.732. The molecular formula is C12H12N2S. The van der Waals surface area contributed by atoms with Crippen LogP contribution in [0.5, 0.6) is 0 Å². The van der Waals surface area contributed by atoms with Crippen LogP contribution in [0.3, 0.4) is 0 Å². The molecule has 1 heterocycles. The lowest BCUT2D eigenvalue weighted by Gasteiger charge is -2.09.